The van der Waals surface area contributed by atoms with Gasteiger partial charge in [0, 0.05) is 16.5 Å². The van der Waals surface area contributed by atoms with Crippen LogP contribution in [0.1, 0.15) is 15.9 Å². The number of aliphatic hydroxyl groups is 4. The number of aliphatic hydroxyl groups excluding tert-OH is 4. The SMILES string of the molecule is COc1ccc(-c2c3c(c(OC)c4cc5c(cc24)OCO5)COC3=O)cc1O[C@@H]1O[C@H](CO)[C@@H](O)[C@H](O)[C@H]1O. The Balaban J connectivity index is 1.51. The zero-order valence-corrected chi connectivity index (χ0v) is 20.9. The average Bonchev–Trinajstić information content (AvgIpc) is 3.57. The molecule has 5 atom stereocenters. The number of carbonyl (C=O) groups excluding carboxylic acids is 1. The summed E-state index contributed by atoms with van der Waals surface area (Å²) in [7, 11) is 2.94. The molecule has 12 nitrogen and oxygen atoms in total. The Labute approximate surface area is 221 Å². The number of esters is 1. The predicted molar refractivity (Wildman–Crippen MR) is 132 cm³/mol. The lowest BCUT2D eigenvalue weighted by Gasteiger charge is -2.39. The molecule has 206 valence electrons. The Morgan fingerprint density at radius 2 is 1.62 bits per heavy atom. The third-order valence-electron chi connectivity index (χ3n) is 7.15. The first-order chi connectivity index (χ1) is 18.9. The van der Waals surface area contributed by atoms with Gasteiger partial charge in [0.1, 0.15) is 36.8 Å². The standard InChI is InChI=1S/C27H26O12/c1-33-15-4-3-11(5-18(15)38-27-24(31)23(30)22(29)19(8-28)39-27)20-12-6-16-17(37-10-36-16)7-13(12)25(34-2)14-9-35-26(32)21(14)20/h3-7,19,22-24,27-31H,8-10H2,1-2H3/t19-,22-,23+,24-,27-/m1/s1. The van der Waals surface area contributed by atoms with Crippen molar-refractivity contribution in [3.8, 4) is 39.9 Å². The van der Waals surface area contributed by atoms with E-state index in [0.29, 0.717) is 50.3 Å². The van der Waals surface area contributed by atoms with Crippen LogP contribution in [0.3, 0.4) is 0 Å². The normalized spacial score (nSPS) is 25.4. The third-order valence-corrected chi connectivity index (χ3v) is 7.15. The first kappa shape index (κ1) is 25.5. The van der Waals surface area contributed by atoms with Gasteiger partial charge in [0.2, 0.25) is 13.1 Å². The van der Waals surface area contributed by atoms with Gasteiger partial charge in [0.15, 0.2) is 23.0 Å². The van der Waals surface area contributed by atoms with Gasteiger partial charge in [-0.15, -0.1) is 0 Å². The van der Waals surface area contributed by atoms with Crippen molar-refractivity contribution in [1.82, 2.24) is 0 Å². The predicted octanol–water partition coefficient (Wildman–Crippen LogP) is 1.10. The molecular formula is C27H26O12. The highest BCUT2D eigenvalue weighted by molar-refractivity contribution is 6.14. The summed E-state index contributed by atoms with van der Waals surface area (Å²) >= 11 is 0. The molecular weight excluding hydrogens is 516 g/mol. The van der Waals surface area contributed by atoms with Crippen LogP contribution >= 0.6 is 0 Å². The van der Waals surface area contributed by atoms with Crippen LogP contribution in [-0.2, 0) is 16.1 Å². The Morgan fingerprint density at radius 3 is 2.31 bits per heavy atom. The molecule has 12 heteroatoms. The molecule has 39 heavy (non-hydrogen) atoms. The number of hydrogen-bond acceptors (Lipinski definition) is 12. The van der Waals surface area contributed by atoms with E-state index in [1.54, 1.807) is 30.3 Å². The molecule has 0 aliphatic carbocycles. The molecule has 3 aromatic carbocycles. The highest BCUT2D eigenvalue weighted by atomic mass is 16.7. The molecule has 0 aromatic heterocycles. The van der Waals surface area contributed by atoms with Crippen LogP contribution in [0.15, 0.2) is 30.3 Å². The van der Waals surface area contributed by atoms with Crippen LogP contribution in [0, 0.1) is 0 Å². The average molecular weight is 542 g/mol. The minimum Gasteiger partial charge on any atom is -0.496 e. The summed E-state index contributed by atoms with van der Waals surface area (Å²) in [5, 5.41) is 41.7. The molecule has 4 N–H and O–H groups in total. The number of rotatable bonds is 6. The summed E-state index contributed by atoms with van der Waals surface area (Å²) in [6.07, 6.45) is -7.39. The van der Waals surface area contributed by atoms with Crippen LogP contribution in [-0.4, -0.2) is 84.7 Å². The van der Waals surface area contributed by atoms with Crippen LogP contribution in [0.4, 0.5) is 0 Å². The number of fused-ring (bicyclic) bond motifs is 3. The van der Waals surface area contributed by atoms with Gasteiger partial charge >= 0.3 is 5.97 Å². The van der Waals surface area contributed by atoms with Gasteiger partial charge in [-0.1, -0.05) is 6.07 Å². The minimum atomic E-state index is -1.63. The molecule has 1 fully saturated rings. The number of methoxy groups -OCH3 is 2. The molecule has 0 radical (unpaired) electrons. The van der Waals surface area contributed by atoms with Crippen molar-refractivity contribution in [3.63, 3.8) is 0 Å². The number of cyclic esters (lactones) is 1. The summed E-state index contributed by atoms with van der Waals surface area (Å²) in [6, 6.07) is 8.50. The Bertz CT molecular complexity index is 1450. The van der Waals surface area contributed by atoms with Gasteiger partial charge in [-0.25, -0.2) is 4.79 Å². The van der Waals surface area contributed by atoms with Gasteiger partial charge in [-0.2, -0.15) is 0 Å². The fourth-order valence-corrected chi connectivity index (χ4v) is 5.22. The van der Waals surface area contributed by atoms with E-state index in [4.69, 9.17) is 33.2 Å². The molecule has 0 amide bonds. The maximum atomic E-state index is 13.0. The summed E-state index contributed by atoms with van der Waals surface area (Å²) in [5.74, 6) is 1.39. The maximum Gasteiger partial charge on any atom is 0.339 e. The van der Waals surface area contributed by atoms with Gasteiger partial charge in [-0.05, 0) is 35.2 Å². The first-order valence-corrected chi connectivity index (χ1v) is 12.1. The molecule has 0 spiro atoms. The molecule has 3 aliphatic rings. The second kappa shape index (κ2) is 9.74. The second-order valence-electron chi connectivity index (χ2n) is 9.27. The fourth-order valence-electron chi connectivity index (χ4n) is 5.22. The molecule has 0 saturated carbocycles. The van der Waals surface area contributed by atoms with Crippen molar-refractivity contribution >= 4 is 16.7 Å². The third kappa shape index (κ3) is 3.99. The highest BCUT2D eigenvalue weighted by Crippen LogP contribution is 2.49. The summed E-state index contributed by atoms with van der Waals surface area (Å²) in [6.45, 7) is -0.520. The molecule has 1 saturated heterocycles. The number of carbonyl (C=O) groups is 1. The van der Waals surface area contributed by atoms with E-state index in [-0.39, 0.29) is 24.9 Å². The van der Waals surface area contributed by atoms with E-state index in [1.165, 1.54) is 14.2 Å². The summed E-state index contributed by atoms with van der Waals surface area (Å²) in [5.41, 5.74) is 1.97. The topological polar surface area (TPSA) is 163 Å². The van der Waals surface area contributed by atoms with E-state index in [9.17, 15) is 25.2 Å². The van der Waals surface area contributed by atoms with Crippen molar-refractivity contribution in [2.24, 2.45) is 0 Å². The van der Waals surface area contributed by atoms with Crippen LogP contribution in [0.25, 0.3) is 21.9 Å². The number of hydrogen-bond donors (Lipinski definition) is 4. The first-order valence-electron chi connectivity index (χ1n) is 12.1. The fraction of sp³-hybridized carbons (Fsp3) is 0.370. The van der Waals surface area contributed by atoms with E-state index < -0.39 is 43.3 Å². The Kier molecular flexibility index (Phi) is 6.36. The Morgan fingerprint density at radius 1 is 0.872 bits per heavy atom. The maximum absolute atomic E-state index is 13.0. The molecule has 3 aromatic rings. The lowest BCUT2D eigenvalue weighted by atomic mass is 9.89. The number of ether oxygens (including phenoxy) is 7. The van der Waals surface area contributed by atoms with Crippen molar-refractivity contribution in [2.75, 3.05) is 27.6 Å². The molecule has 3 heterocycles. The lowest BCUT2D eigenvalue weighted by molar-refractivity contribution is -0.277. The molecule has 6 rings (SSSR count). The highest BCUT2D eigenvalue weighted by Gasteiger charge is 2.45. The van der Waals surface area contributed by atoms with E-state index >= 15 is 0 Å². The quantitative estimate of drug-likeness (QED) is 0.329. The van der Waals surface area contributed by atoms with Crippen molar-refractivity contribution < 1.29 is 58.4 Å². The van der Waals surface area contributed by atoms with Crippen molar-refractivity contribution in [2.45, 2.75) is 37.3 Å². The van der Waals surface area contributed by atoms with Gasteiger partial charge in [-0.3, -0.25) is 0 Å². The zero-order valence-electron chi connectivity index (χ0n) is 20.9. The zero-order chi connectivity index (χ0) is 27.4. The summed E-state index contributed by atoms with van der Waals surface area (Å²) < 4.78 is 39.1. The van der Waals surface area contributed by atoms with Crippen LogP contribution in [0.2, 0.25) is 0 Å². The van der Waals surface area contributed by atoms with E-state index in [0.717, 1.165) is 0 Å². The molecule has 0 unspecified atom stereocenters. The minimum absolute atomic E-state index is 0.0269. The van der Waals surface area contributed by atoms with Crippen LogP contribution < -0.4 is 23.7 Å². The van der Waals surface area contributed by atoms with Crippen molar-refractivity contribution in [3.05, 3.63) is 41.5 Å². The van der Waals surface area contributed by atoms with Gasteiger partial charge in [0.25, 0.3) is 0 Å². The Hall–Kier alpha value is -3.81. The molecule has 3 aliphatic heterocycles. The largest absolute Gasteiger partial charge is 0.496 e. The monoisotopic (exact) mass is 542 g/mol. The van der Waals surface area contributed by atoms with Gasteiger partial charge in [0.05, 0.1) is 26.4 Å². The smallest absolute Gasteiger partial charge is 0.339 e. The lowest BCUT2D eigenvalue weighted by Crippen LogP contribution is -2.60. The van der Waals surface area contributed by atoms with Gasteiger partial charge < -0.3 is 53.6 Å². The van der Waals surface area contributed by atoms with Crippen molar-refractivity contribution in [1.29, 1.82) is 0 Å². The number of benzene rings is 3. The second-order valence-corrected chi connectivity index (χ2v) is 9.27. The van der Waals surface area contributed by atoms with Crippen LogP contribution in [0.5, 0.6) is 28.7 Å². The molecule has 0 bridgehead atoms. The van der Waals surface area contributed by atoms with E-state index in [1.807, 2.05) is 0 Å². The van der Waals surface area contributed by atoms with E-state index in [2.05, 4.69) is 0 Å². The summed E-state index contributed by atoms with van der Waals surface area (Å²) in [4.78, 5) is 13.0.